The lowest BCUT2D eigenvalue weighted by atomic mass is 10.1. The first-order valence-electron chi connectivity index (χ1n) is 8.82. The van der Waals surface area contributed by atoms with Gasteiger partial charge in [0.2, 0.25) is 0 Å². The molecular formula is C18H23N5O4. The summed E-state index contributed by atoms with van der Waals surface area (Å²) in [7, 11) is 0. The summed E-state index contributed by atoms with van der Waals surface area (Å²) in [6.45, 7) is 4.67. The highest BCUT2D eigenvalue weighted by Gasteiger charge is 2.11. The van der Waals surface area contributed by atoms with E-state index in [1.807, 2.05) is 24.4 Å². The molecule has 0 spiro atoms. The topological polar surface area (TPSA) is 114 Å². The fourth-order valence-corrected chi connectivity index (χ4v) is 2.71. The van der Waals surface area contributed by atoms with Crippen molar-refractivity contribution in [3.8, 4) is 0 Å². The zero-order valence-electron chi connectivity index (χ0n) is 15.0. The maximum Gasteiger partial charge on any atom is 0.276 e. The number of nitro groups is 2. The number of anilines is 1. The van der Waals surface area contributed by atoms with Gasteiger partial charge in [0.1, 0.15) is 5.82 Å². The van der Waals surface area contributed by atoms with Crippen molar-refractivity contribution in [3.63, 3.8) is 0 Å². The molecular weight excluding hydrogens is 350 g/mol. The van der Waals surface area contributed by atoms with Crippen LogP contribution in [0.4, 0.5) is 17.2 Å². The van der Waals surface area contributed by atoms with Crippen LogP contribution in [0.15, 0.2) is 48.7 Å². The van der Waals surface area contributed by atoms with Crippen molar-refractivity contribution in [1.82, 2.24) is 9.88 Å². The highest BCUT2D eigenvalue weighted by atomic mass is 16.6. The number of nitrogens with one attached hydrogen (secondary N) is 1. The third-order valence-electron chi connectivity index (χ3n) is 4.10. The number of likely N-dealkylation sites (tertiary alicyclic amines) is 1. The van der Waals surface area contributed by atoms with Crippen molar-refractivity contribution < 1.29 is 9.85 Å². The highest BCUT2D eigenvalue weighted by molar-refractivity contribution is 5.42. The van der Waals surface area contributed by atoms with Gasteiger partial charge in [0.15, 0.2) is 0 Å². The van der Waals surface area contributed by atoms with Crippen LogP contribution in [0.1, 0.15) is 19.3 Å². The first kappa shape index (κ1) is 20.2. The summed E-state index contributed by atoms with van der Waals surface area (Å²) in [5.74, 6) is 0.981. The molecule has 0 aliphatic carbocycles. The molecule has 0 radical (unpaired) electrons. The number of piperidine rings is 1. The third kappa shape index (κ3) is 7.37. The molecule has 1 aliphatic rings. The predicted molar refractivity (Wildman–Crippen MR) is 103 cm³/mol. The largest absolute Gasteiger partial charge is 0.369 e. The van der Waals surface area contributed by atoms with E-state index in [9.17, 15) is 20.2 Å². The molecule has 144 valence electrons. The molecule has 1 aromatic heterocycles. The van der Waals surface area contributed by atoms with E-state index in [4.69, 9.17) is 0 Å². The average molecular weight is 373 g/mol. The van der Waals surface area contributed by atoms with Crippen LogP contribution in [0.5, 0.6) is 0 Å². The number of non-ortho nitro benzene ring substituents is 2. The van der Waals surface area contributed by atoms with E-state index in [1.165, 1.54) is 50.6 Å². The van der Waals surface area contributed by atoms with Gasteiger partial charge in [-0.05, 0) is 44.1 Å². The zero-order valence-corrected chi connectivity index (χ0v) is 15.0. The van der Waals surface area contributed by atoms with Crippen LogP contribution in [-0.2, 0) is 0 Å². The number of pyridine rings is 1. The van der Waals surface area contributed by atoms with Crippen molar-refractivity contribution in [1.29, 1.82) is 0 Å². The minimum absolute atomic E-state index is 0.274. The van der Waals surface area contributed by atoms with Gasteiger partial charge in [0.25, 0.3) is 11.4 Å². The molecule has 0 unspecified atom stereocenters. The van der Waals surface area contributed by atoms with Crippen LogP contribution in [0.3, 0.4) is 0 Å². The Bertz CT molecular complexity index is 706. The van der Waals surface area contributed by atoms with Crippen molar-refractivity contribution in [2.75, 3.05) is 31.5 Å². The summed E-state index contributed by atoms with van der Waals surface area (Å²) in [4.78, 5) is 25.7. The van der Waals surface area contributed by atoms with Gasteiger partial charge in [0.05, 0.1) is 15.9 Å². The van der Waals surface area contributed by atoms with Crippen molar-refractivity contribution in [2.45, 2.75) is 19.3 Å². The molecule has 9 heteroatoms. The normalized spacial score (nSPS) is 13.9. The first-order chi connectivity index (χ1) is 13.1. The fraction of sp³-hybridized carbons (Fsp3) is 0.389. The second-order valence-corrected chi connectivity index (χ2v) is 6.08. The fourth-order valence-electron chi connectivity index (χ4n) is 2.71. The predicted octanol–water partition coefficient (Wildman–Crippen LogP) is 3.48. The lowest BCUT2D eigenvalue weighted by Crippen LogP contribution is -2.33. The maximum atomic E-state index is 10.2. The van der Waals surface area contributed by atoms with E-state index < -0.39 is 9.85 Å². The van der Waals surface area contributed by atoms with Crippen molar-refractivity contribution in [2.24, 2.45) is 0 Å². The molecule has 1 N–H and O–H groups in total. The van der Waals surface area contributed by atoms with Crippen LogP contribution in [0, 0.1) is 20.2 Å². The summed E-state index contributed by atoms with van der Waals surface area (Å²) in [5.41, 5.74) is -0.548. The molecule has 1 aliphatic heterocycles. The summed E-state index contributed by atoms with van der Waals surface area (Å²) in [5, 5.41) is 23.7. The summed E-state index contributed by atoms with van der Waals surface area (Å²) < 4.78 is 0. The Labute approximate surface area is 157 Å². The van der Waals surface area contributed by atoms with E-state index in [-0.39, 0.29) is 11.4 Å². The minimum atomic E-state index is -0.674. The molecule has 1 aromatic carbocycles. The molecule has 1 fully saturated rings. The third-order valence-corrected chi connectivity index (χ3v) is 4.10. The van der Waals surface area contributed by atoms with Crippen LogP contribution < -0.4 is 5.32 Å². The Kier molecular flexibility index (Phi) is 8.11. The molecule has 0 bridgehead atoms. The summed E-state index contributed by atoms with van der Waals surface area (Å²) >= 11 is 0. The highest BCUT2D eigenvalue weighted by Crippen LogP contribution is 2.18. The minimum Gasteiger partial charge on any atom is -0.369 e. The maximum absolute atomic E-state index is 10.2. The summed E-state index contributed by atoms with van der Waals surface area (Å²) in [6, 6.07) is 10.6. The van der Waals surface area contributed by atoms with E-state index >= 15 is 0 Å². The summed E-state index contributed by atoms with van der Waals surface area (Å²) in [6.07, 6.45) is 5.96. The van der Waals surface area contributed by atoms with Gasteiger partial charge in [0, 0.05) is 31.4 Å². The Balaban J connectivity index is 0.000000199. The standard InChI is InChI=1S/C12H19N3.C6H4N2O4/c1-4-9-15(10-5-1)11-8-14-12-6-2-3-7-13-12;9-7(10)5-2-1-3-6(4-5)8(11)12/h2-3,6-7H,1,4-5,8-11H2,(H,13,14);1-4H. The van der Waals surface area contributed by atoms with E-state index in [1.54, 1.807) is 0 Å². The number of hydrogen-bond acceptors (Lipinski definition) is 7. The Morgan fingerprint density at radius 2 is 1.63 bits per heavy atom. The van der Waals surface area contributed by atoms with Crippen molar-refractivity contribution in [3.05, 3.63) is 68.9 Å². The second-order valence-electron chi connectivity index (χ2n) is 6.08. The van der Waals surface area contributed by atoms with Crippen LogP contribution in [0.2, 0.25) is 0 Å². The molecule has 3 rings (SSSR count). The van der Waals surface area contributed by atoms with Crippen LogP contribution in [-0.4, -0.2) is 45.9 Å². The Morgan fingerprint density at radius 1 is 0.963 bits per heavy atom. The molecule has 0 saturated carbocycles. The molecule has 9 nitrogen and oxygen atoms in total. The smallest absolute Gasteiger partial charge is 0.276 e. The van der Waals surface area contributed by atoms with E-state index in [0.29, 0.717) is 0 Å². The van der Waals surface area contributed by atoms with Gasteiger partial charge < -0.3 is 10.2 Å². The first-order valence-corrected chi connectivity index (χ1v) is 8.82. The number of hydrogen-bond donors (Lipinski definition) is 1. The molecule has 0 amide bonds. The van der Waals surface area contributed by atoms with Gasteiger partial charge in [-0.25, -0.2) is 4.98 Å². The van der Waals surface area contributed by atoms with Gasteiger partial charge in [-0.3, -0.25) is 20.2 Å². The molecule has 27 heavy (non-hydrogen) atoms. The van der Waals surface area contributed by atoms with Gasteiger partial charge in [-0.1, -0.05) is 12.5 Å². The number of nitro benzene ring substituents is 2. The monoisotopic (exact) mass is 373 g/mol. The molecule has 1 saturated heterocycles. The quantitative estimate of drug-likeness (QED) is 0.609. The Hall–Kier alpha value is -3.07. The second kappa shape index (κ2) is 10.8. The van der Waals surface area contributed by atoms with Gasteiger partial charge >= 0.3 is 0 Å². The number of benzene rings is 1. The lowest BCUT2D eigenvalue weighted by molar-refractivity contribution is -0.394. The van der Waals surface area contributed by atoms with E-state index in [2.05, 4.69) is 15.2 Å². The number of aromatic nitrogens is 1. The number of rotatable bonds is 6. The van der Waals surface area contributed by atoms with Gasteiger partial charge in [-0.15, -0.1) is 0 Å². The lowest BCUT2D eigenvalue weighted by Gasteiger charge is -2.26. The molecule has 0 atom stereocenters. The SMILES string of the molecule is O=[N+]([O-])c1cccc([N+](=O)[O-])c1.c1ccc(NCCN2CCCCC2)nc1. The molecule has 2 aromatic rings. The van der Waals surface area contributed by atoms with Crippen LogP contribution >= 0.6 is 0 Å². The number of nitrogens with zero attached hydrogens (tertiary/aromatic N) is 4. The van der Waals surface area contributed by atoms with Crippen LogP contribution in [0.25, 0.3) is 0 Å². The van der Waals surface area contributed by atoms with E-state index in [0.717, 1.165) is 25.0 Å². The van der Waals surface area contributed by atoms with Gasteiger partial charge in [-0.2, -0.15) is 0 Å². The van der Waals surface area contributed by atoms with Crippen molar-refractivity contribution >= 4 is 17.2 Å². The average Bonchev–Trinajstić information content (AvgIpc) is 2.70. The molecule has 2 heterocycles. The zero-order chi connectivity index (χ0) is 19.5. The Morgan fingerprint density at radius 3 is 2.19 bits per heavy atom.